The smallest absolute Gasteiger partial charge is 0.203 e. The molecule has 1 saturated heterocycles. The Morgan fingerprint density at radius 2 is 2.14 bits per heavy atom. The van der Waals surface area contributed by atoms with Gasteiger partial charge >= 0.3 is 0 Å². The zero-order chi connectivity index (χ0) is 15.3. The summed E-state index contributed by atoms with van der Waals surface area (Å²) < 4.78 is 17.8. The highest BCUT2D eigenvalue weighted by atomic mass is 31.2. The molecule has 116 valence electrons. The van der Waals surface area contributed by atoms with Gasteiger partial charge in [0, 0.05) is 12.2 Å². The van der Waals surface area contributed by atoms with Crippen LogP contribution < -0.4 is 0 Å². The standard InChI is InChI=1S/C16H24NO3P/c1-3-9-17(13-16-14-20-16,10-11-21(2,18)19)12-15-7-5-4-6-8-15/h3-8,16H,1,9-14H2,2H3/p+1. The number of hydrogen-bond acceptors (Lipinski definition) is 2. The maximum Gasteiger partial charge on any atom is 0.203 e. The molecule has 0 spiro atoms. The molecular weight excluding hydrogens is 285 g/mol. The highest BCUT2D eigenvalue weighted by Gasteiger charge is 2.37. The molecule has 0 saturated carbocycles. The van der Waals surface area contributed by atoms with E-state index in [1.165, 1.54) is 12.2 Å². The minimum atomic E-state index is -3.00. The first-order chi connectivity index (χ1) is 9.92. The first-order valence-corrected chi connectivity index (χ1v) is 9.62. The molecule has 1 N–H and O–H groups in total. The zero-order valence-electron chi connectivity index (χ0n) is 12.6. The van der Waals surface area contributed by atoms with Gasteiger partial charge in [0.1, 0.15) is 19.2 Å². The van der Waals surface area contributed by atoms with Crippen LogP contribution in [0, 0.1) is 0 Å². The Morgan fingerprint density at radius 1 is 1.48 bits per heavy atom. The van der Waals surface area contributed by atoms with Gasteiger partial charge in [-0.05, 0) is 6.08 Å². The number of hydrogen-bond donors (Lipinski definition) is 1. The molecule has 4 nitrogen and oxygen atoms in total. The molecule has 1 aromatic carbocycles. The van der Waals surface area contributed by atoms with Crippen LogP contribution in [0.1, 0.15) is 5.56 Å². The van der Waals surface area contributed by atoms with E-state index in [0.29, 0.717) is 12.7 Å². The Morgan fingerprint density at radius 3 is 2.67 bits per heavy atom. The lowest BCUT2D eigenvalue weighted by molar-refractivity contribution is -0.934. The normalized spacial score (nSPS) is 23.0. The lowest BCUT2D eigenvalue weighted by Gasteiger charge is -2.38. The molecule has 0 bridgehead atoms. The van der Waals surface area contributed by atoms with E-state index < -0.39 is 7.37 Å². The van der Waals surface area contributed by atoms with Crippen LogP contribution >= 0.6 is 7.37 Å². The molecule has 0 aromatic heterocycles. The molecule has 21 heavy (non-hydrogen) atoms. The largest absolute Gasteiger partial charge is 0.367 e. The molecule has 3 atom stereocenters. The average molecular weight is 310 g/mol. The Labute approximate surface area is 127 Å². The molecule has 0 radical (unpaired) electrons. The minimum Gasteiger partial charge on any atom is -0.367 e. The third kappa shape index (κ3) is 5.76. The fourth-order valence-electron chi connectivity index (χ4n) is 2.71. The minimum absolute atomic E-state index is 0.281. The number of rotatable bonds is 9. The van der Waals surface area contributed by atoms with Crippen molar-refractivity contribution < 1.29 is 18.7 Å². The number of quaternary nitrogens is 1. The van der Waals surface area contributed by atoms with Crippen LogP contribution in [-0.4, -0.2) is 54.5 Å². The molecule has 0 aliphatic carbocycles. The predicted molar refractivity (Wildman–Crippen MR) is 85.6 cm³/mol. The summed E-state index contributed by atoms with van der Waals surface area (Å²) in [6.07, 6.45) is 2.52. The third-order valence-corrected chi connectivity index (χ3v) is 4.89. The van der Waals surface area contributed by atoms with Crippen molar-refractivity contribution in [3.05, 3.63) is 48.6 Å². The van der Waals surface area contributed by atoms with Crippen LogP contribution in [0.15, 0.2) is 43.0 Å². The highest BCUT2D eigenvalue weighted by molar-refractivity contribution is 7.57. The maximum absolute atomic E-state index is 11.7. The SMILES string of the molecule is C=CC[N+](CCP(C)(=O)O)(Cc1ccccc1)CC1CO1. The van der Waals surface area contributed by atoms with E-state index in [-0.39, 0.29) is 6.10 Å². The van der Waals surface area contributed by atoms with E-state index in [2.05, 4.69) is 18.7 Å². The van der Waals surface area contributed by atoms with Gasteiger partial charge in [-0.25, -0.2) is 0 Å². The second-order valence-electron chi connectivity index (χ2n) is 6.09. The maximum atomic E-state index is 11.7. The van der Waals surface area contributed by atoms with Gasteiger partial charge in [-0.15, -0.1) is 0 Å². The molecule has 1 aliphatic heterocycles. The van der Waals surface area contributed by atoms with Crippen LogP contribution in [0.3, 0.4) is 0 Å². The van der Waals surface area contributed by atoms with Crippen molar-refractivity contribution in [1.29, 1.82) is 0 Å². The summed E-state index contributed by atoms with van der Waals surface area (Å²) >= 11 is 0. The van der Waals surface area contributed by atoms with Crippen molar-refractivity contribution in [3.63, 3.8) is 0 Å². The fourth-order valence-corrected chi connectivity index (χ4v) is 3.51. The number of ether oxygens (including phenoxy) is 1. The van der Waals surface area contributed by atoms with Gasteiger partial charge in [0.25, 0.3) is 0 Å². The van der Waals surface area contributed by atoms with Crippen LogP contribution in [0.5, 0.6) is 0 Å². The Balaban J connectivity index is 2.16. The lowest BCUT2D eigenvalue weighted by atomic mass is 10.1. The van der Waals surface area contributed by atoms with Gasteiger partial charge in [-0.3, -0.25) is 4.57 Å². The molecule has 1 aliphatic rings. The molecule has 1 fully saturated rings. The summed E-state index contributed by atoms with van der Waals surface area (Å²) in [5.41, 5.74) is 1.24. The molecule has 0 amide bonds. The van der Waals surface area contributed by atoms with Crippen molar-refractivity contribution >= 4 is 7.37 Å². The van der Waals surface area contributed by atoms with Crippen molar-refractivity contribution in [1.82, 2.24) is 0 Å². The predicted octanol–water partition coefficient (Wildman–Crippen LogP) is 2.49. The fraction of sp³-hybridized carbons (Fsp3) is 0.500. The molecular formula is C16H25NO3P+. The first kappa shape index (κ1) is 16.4. The van der Waals surface area contributed by atoms with Crippen molar-refractivity contribution in [2.45, 2.75) is 12.6 Å². The second-order valence-corrected chi connectivity index (χ2v) is 8.64. The van der Waals surface area contributed by atoms with E-state index in [1.54, 1.807) is 0 Å². The summed E-state index contributed by atoms with van der Waals surface area (Å²) in [4.78, 5) is 9.65. The number of benzene rings is 1. The Kier molecular flexibility index (Phi) is 5.39. The quantitative estimate of drug-likeness (QED) is 0.330. The van der Waals surface area contributed by atoms with E-state index in [4.69, 9.17) is 4.74 Å². The van der Waals surface area contributed by atoms with Crippen molar-refractivity contribution in [3.8, 4) is 0 Å². The summed E-state index contributed by atoms with van der Waals surface area (Å²) in [5.74, 6) is 0. The van der Waals surface area contributed by atoms with Crippen molar-refractivity contribution in [2.24, 2.45) is 0 Å². The second kappa shape index (κ2) is 6.89. The first-order valence-electron chi connectivity index (χ1n) is 7.33. The summed E-state index contributed by atoms with van der Waals surface area (Å²) in [5, 5.41) is 0. The monoisotopic (exact) mass is 310 g/mol. The number of nitrogens with zero attached hydrogens (tertiary/aromatic N) is 1. The van der Waals surface area contributed by atoms with Gasteiger partial charge in [-0.1, -0.05) is 36.9 Å². The Hall–Kier alpha value is -0.930. The molecule has 3 unspecified atom stereocenters. The third-order valence-electron chi connectivity index (χ3n) is 3.86. The summed E-state index contributed by atoms with van der Waals surface area (Å²) in [6, 6.07) is 10.3. The Bertz CT molecular complexity index is 510. The van der Waals surface area contributed by atoms with Gasteiger partial charge in [0.2, 0.25) is 7.37 Å². The highest BCUT2D eigenvalue weighted by Crippen LogP contribution is 2.36. The van der Waals surface area contributed by atoms with Gasteiger partial charge < -0.3 is 14.1 Å². The van der Waals surface area contributed by atoms with E-state index >= 15 is 0 Å². The average Bonchev–Trinajstić information content (AvgIpc) is 3.21. The van der Waals surface area contributed by atoms with E-state index in [0.717, 1.165) is 30.7 Å². The zero-order valence-corrected chi connectivity index (χ0v) is 13.5. The van der Waals surface area contributed by atoms with Crippen molar-refractivity contribution in [2.75, 3.05) is 39.1 Å². The van der Waals surface area contributed by atoms with Crippen LogP contribution in [0.4, 0.5) is 0 Å². The molecule has 2 rings (SSSR count). The lowest BCUT2D eigenvalue weighted by Crippen LogP contribution is -2.51. The van der Waals surface area contributed by atoms with Gasteiger partial charge in [0.15, 0.2) is 0 Å². The molecule has 1 heterocycles. The van der Waals surface area contributed by atoms with Crippen LogP contribution in [0.2, 0.25) is 0 Å². The van der Waals surface area contributed by atoms with E-state index in [9.17, 15) is 9.46 Å². The molecule has 1 aromatic rings. The van der Waals surface area contributed by atoms with E-state index in [1.807, 2.05) is 24.3 Å². The summed E-state index contributed by atoms with van der Waals surface area (Å²) in [7, 11) is -3.00. The van der Waals surface area contributed by atoms with Gasteiger partial charge in [-0.2, -0.15) is 0 Å². The summed E-state index contributed by atoms with van der Waals surface area (Å²) in [6.45, 7) is 9.28. The number of epoxide rings is 1. The van der Waals surface area contributed by atoms with Gasteiger partial charge in [0.05, 0.1) is 25.9 Å². The van der Waals surface area contributed by atoms with Crippen LogP contribution in [-0.2, 0) is 15.8 Å². The topological polar surface area (TPSA) is 49.8 Å². The molecule has 5 heteroatoms. The van der Waals surface area contributed by atoms with Crippen LogP contribution in [0.25, 0.3) is 0 Å².